The van der Waals surface area contributed by atoms with E-state index in [0.29, 0.717) is 17.5 Å². The minimum atomic E-state index is -0.418. The standard InChI is InChI=1S/C59H41N3/c1-58(2)50-24-11-13-26-52(50)59(53-27-14-12-25-51(53)58)49-23-10-9-22-47(49)48-33-32-45(37-54(48)59)44-31-30-42-34-41(28-29-43(42)35-44)40-20-15-21-46(36-40)57-61-55(38-16-5-3-6-17-38)60-56(62-57)39-18-7-4-8-19-39/h3-37H,1-2H3. The third-order valence-corrected chi connectivity index (χ3v) is 13.4. The molecule has 9 aromatic carbocycles. The zero-order valence-electron chi connectivity index (χ0n) is 34.5. The summed E-state index contributed by atoms with van der Waals surface area (Å²) in [6.07, 6.45) is 0. The molecular formula is C59H41N3. The maximum atomic E-state index is 4.99. The number of aromatic nitrogens is 3. The molecule has 10 aromatic rings. The van der Waals surface area contributed by atoms with Crippen LogP contribution in [-0.4, -0.2) is 15.0 Å². The van der Waals surface area contributed by atoms with Crippen molar-refractivity contribution in [1.29, 1.82) is 0 Å². The van der Waals surface area contributed by atoms with Crippen LogP contribution in [-0.2, 0) is 10.8 Å². The van der Waals surface area contributed by atoms with Crippen LogP contribution in [0.15, 0.2) is 212 Å². The van der Waals surface area contributed by atoms with E-state index in [4.69, 9.17) is 15.0 Å². The first-order valence-electron chi connectivity index (χ1n) is 21.4. The van der Waals surface area contributed by atoms with E-state index in [9.17, 15) is 0 Å². The summed E-state index contributed by atoms with van der Waals surface area (Å²) in [7, 11) is 0. The Kier molecular flexibility index (Phi) is 8.10. The number of fused-ring (bicyclic) bond motifs is 10. The van der Waals surface area contributed by atoms with E-state index in [1.54, 1.807) is 0 Å². The van der Waals surface area contributed by atoms with Gasteiger partial charge >= 0.3 is 0 Å². The fourth-order valence-electron chi connectivity index (χ4n) is 10.4. The van der Waals surface area contributed by atoms with Gasteiger partial charge in [-0.3, -0.25) is 0 Å². The van der Waals surface area contributed by atoms with Gasteiger partial charge in [-0.05, 0) is 102 Å². The highest BCUT2D eigenvalue weighted by Crippen LogP contribution is 2.62. The first kappa shape index (κ1) is 36.1. The van der Waals surface area contributed by atoms with Gasteiger partial charge in [0, 0.05) is 22.1 Å². The van der Waals surface area contributed by atoms with Crippen molar-refractivity contribution >= 4 is 10.8 Å². The average molecular weight is 792 g/mol. The van der Waals surface area contributed by atoms with E-state index in [1.165, 1.54) is 66.4 Å². The quantitative estimate of drug-likeness (QED) is 0.174. The topological polar surface area (TPSA) is 38.7 Å². The average Bonchev–Trinajstić information content (AvgIpc) is 3.63. The van der Waals surface area contributed by atoms with Crippen molar-refractivity contribution in [1.82, 2.24) is 15.0 Å². The summed E-state index contributed by atoms with van der Waals surface area (Å²) in [5, 5.41) is 2.39. The van der Waals surface area contributed by atoms with Crippen LogP contribution >= 0.6 is 0 Å². The summed E-state index contributed by atoms with van der Waals surface area (Å²) in [6.45, 7) is 4.76. The number of nitrogens with zero attached hydrogens (tertiary/aromatic N) is 3. The SMILES string of the molecule is CC1(C)c2ccccc2C2(c3ccccc3-c3ccc(-c4ccc5cc(-c6cccc(-c7nc(-c8ccccc8)nc(-c8ccccc8)n7)c6)ccc5c4)cc32)c2ccccc21. The Balaban J connectivity index is 0.937. The van der Waals surface area contributed by atoms with Gasteiger partial charge in [0.15, 0.2) is 17.5 Å². The molecule has 3 nitrogen and oxygen atoms in total. The Morgan fingerprint density at radius 3 is 1.26 bits per heavy atom. The summed E-state index contributed by atoms with van der Waals surface area (Å²) in [4.78, 5) is 14.9. The highest BCUT2D eigenvalue weighted by atomic mass is 15.0. The minimum Gasteiger partial charge on any atom is -0.208 e. The van der Waals surface area contributed by atoms with Crippen LogP contribution in [0.5, 0.6) is 0 Å². The lowest BCUT2D eigenvalue weighted by molar-refractivity contribution is 0.563. The summed E-state index contributed by atoms with van der Waals surface area (Å²) in [5.41, 5.74) is 17.9. The van der Waals surface area contributed by atoms with Crippen molar-refractivity contribution in [2.45, 2.75) is 24.7 Å². The van der Waals surface area contributed by atoms with Crippen molar-refractivity contribution in [3.63, 3.8) is 0 Å². The van der Waals surface area contributed by atoms with Crippen molar-refractivity contribution in [3.8, 4) is 67.5 Å². The van der Waals surface area contributed by atoms with Gasteiger partial charge in [0.1, 0.15) is 0 Å². The Morgan fingerprint density at radius 1 is 0.274 bits per heavy atom. The van der Waals surface area contributed by atoms with Crippen molar-refractivity contribution < 1.29 is 0 Å². The van der Waals surface area contributed by atoms with Crippen LogP contribution in [0.25, 0.3) is 78.3 Å². The number of rotatable bonds is 5. The van der Waals surface area contributed by atoms with Gasteiger partial charge in [-0.25, -0.2) is 15.0 Å². The van der Waals surface area contributed by atoms with Crippen LogP contribution in [0.3, 0.4) is 0 Å². The van der Waals surface area contributed by atoms with Crippen molar-refractivity contribution in [2.75, 3.05) is 0 Å². The highest BCUT2D eigenvalue weighted by molar-refractivity contribution is 5.94. The third kappa shape index (κ3) is 5.48. The summed E-state index contributed by atoms with van der Waals surface area (Å²) in [6, 6.07) is 77.0. The van der Waals surface area contributed by atoms with Crippen molar-refractivity contribution in [3.05, 3.63) is 246 Å². The van der Waals surface area contributed by atoms with E-state index in [0.717, 1.165) is 27.8 Å². The van der Waals surface area contributed by atoms with Crippen LogP contribution in [0.1, 0.15) is 47.2 Å². The molecule has 1 heterocycles. The molecule has 0 N–H and O–H groups in total. The molecular weight excluding hydrogens is 751 g/mol. The zero-order valence-corrected chi connectivity index (χ0v) is 34.5. The first-order chi connectivity index (χ1) is 30.5. The molecule has 0 fully saturated rings. The second kappa shape index (κ2) is 13.9. The van der Waals surface area contributed by atoms with Crippen LogP contribution < -0.4 is 0 Å². The molecule has 62 heavy (non-hydrogen) atoms. The van der Waals surface area contributed by atoms with Gasteiger partial charge in [0.2, 0.25) is 0 Å². The Labute approximate surface area is 362 Å². The van der Waals surface area contributed by atoms with Crippen LogP contribution in [0, 0.1) is 0 Å². The predicted octanol–water partition coefficient (Wildman–Crippen LogP) is 14.4. The minimum absolute atomic E-state index is 0.128. The first-order valence-corrected chi connectivity index (χ1v) is 21.4. The van der Waals surface area contributed by atoms with Gasteiger partial charge in [0.25, 0.3) is 0 Å². The lowest BCUT2D eigenvalue weighted by Gasteiger charge is -2.46. The summed E-state index contributed by atoms with van der Waals surface area (Å²) in [5.74, 6) is 1.96. The summed E-state index contributed by atoms with van der Waals surface area (Å²) < 4.78 is 0. The van der Waals surface area contributed by atoms with Gasteiger partial charge in [-0.1, -0.05) is 202 Å². The molecule has 0 saturated heterocycles. The summed E-state index contributed by atoms with van der Waals surface area (Å²) >= 11 is 0. The fraction of sp³-hybridized carbons (Fsp3) is 0.0678. The molecule has 2 aliphatic carbocycles. The smallest absolute Gasteiger partial charge is 0.164 e. The Hall–Kier alpha value is -7.75. The molecule has 292 valence electrons. The number of hydrogen-bond acceptors (Lipinski definition) is 3. The molecule has 12 rings (SSSR count). The maximum absolute atomic E-state index is 4.99. The largest absolute Gasteiger partial charge is 0.208 e. The van der Waals surface area contributed by atoms with E-state index in [1.807, 2.05) is 60.7 Å². The molecule has 1 spiro atoms. The molecule has 0 atom stereocenters. The molecule has 0 radical (unpaired) electrons. The molecule has 0 bridgehead atoms. The van der Waals surface area contributed by atoms with Crippen LogP contribution in [0.2, 0.25) is 0 Å². The van der Waals surface area contributed by atoms with Gasteiger partial charge in [0.05, 0.1) is 5.41 Å². The van der Waals surface area contributed by atoms with Crippen molar-refractivity contribution in [2.24, 2.45) is 0 Å². The molecule has 0 saturated carbocycles. The van der Waals surface area contributed by atoms with E-state index in [2.05, 4.69) is 166 Å². The maximum Gasteiger partial charge on any atom is 0.164 e. The lowest BCUT2D eigenvalue weighted by atomic mass is 9.55. The second-order valence-corrected chi connectivity index (χ2v) is 17.2. The normalized spacial score (nSPS) is 13.9. The molecule has 1 aromatic heterocycles. The Morgan fingerprint density at radius 2 is 0.677 bits per heavy atom. The zero-order chi connectivity index (χ0) is 41.4. The molecule has 3 heteroatoms. The van der Waals surface area contributed by atoms with Gasteiger partial charge in [-0.15, -0.1) is 0 Å². The van der Waals surface area contributed by atoms with Gasteiger partial charge in [-0.2, -0.15) is 0 Å². The van der Waals surface area contributed by atoms with Gasteiger partial charge < -0.3 is 0 Å². The monoisotopic (exact) mass is 791 g/mol. The molecule has 0 unspecified atom stereocenters. The second-order valence-electron chi connectivity index (χ2n) is 17.2. The number of hydrogen-bond donors (Lipinski definition) is 0. The highest BCUT2D eigenvalue weighted by Gasteiger charge is 2.53. The number of benzene rings is 9. The van der Waals surface area contributed by atoms with E-state index in [-0.39, 0.29) is 5.41 Å². The van der Waals surface area contributed by atoms with Crippen LogP contribution in [0.4, 0.5) is 0 Å². The predicted molar refractivity (Wildman–Crippen MR) is 254 cm³/mol. The Bertz CT molecular complexity index is 3280. The molecule has 0 amide bonds. The van der Waals surface area contributed by atoms with E-state index < -0.39 is 5.41 Å². The molecule has 0 aliphatic heterocycles. The third-order valence-electron chi connectivity index (χ3n) is 13.4. The van der Waals surface area contributed by atoms with E-state index >= 15 is 0 Å². The fourth-order valence-corrected chi connectivity index (χ4v) is 10.4. The molecule has 2 aliphatic rings. The lowest BCUT2D eigenvalue weighted by Crippen LogP contribution is -2.40.